The molecule has 1 aliphatic heterocycles. The highest BCUT2D eigenvalue weighted by Crippen LogP contribution is 2.19. The topological polar surface area (TPSA) is 49.8 Å². The Morgan fingerprint density at radius 1 is 1.53 bits per heavy atom. The Kier molecular flexibility index (Phi) is 5.22. The van der Waals surface area contributed by atoms with Gasteiger partial charge in [0, 0.05) is 17.6 Å². The average Bonchev–Trinajstić information content (AvgIpc) is 2.39. The molecule has 2 rings (SSSR count). The zero-order valence-corrected chi connectivity index (χ0v) is 12.3. The van der Waals surface area contributed by atoms with E-state index in [1.54, 1.807) is 0 Å². The van der Waals surface area contributed by atoms with E-state index in [-0.39, 0.29) is 5.92 Å². The lowest BCUT2D eigenvalue weighted by Crippen LogP contribution is -2.40. The van der Waals surface area contributed by atoms with Crippen LogP contribution in [0.25, 0.3) is 0 Å². The minimum absolute atomic E-state index is 0.223. The number of nitrogens with zero attached hydrogens (tertiary/aromatic N) is 1. The van der Waals surface area contributed by atoms with Crippen molar-refractivity contribution < 1.29 is 14.6 Å². The maximum absolute atomic E-state index is 11.0. The third-order valence-corrected chi connectivity index (χ3v) is 3.82. The summed E-state index contributed by atoms with van der Waals surface area (Å²) >= 11 is 3.40. The predicted octanol–water partition coefficient (Wildman–Crippen LogP) is 2.62. The molecule has 0 amide bonds. The first kappa shape index (κ1) is 14.3. The summed E-state index contributed by atoms with van der Waals surface area (Å²) in [5, 5.41) is 9.03. The molecule has 0 radical (unpaired) electrons. The number of ether oxygens (including phenoxy) is 1. The molecule has 104 valence electrons. The smallest absolute Gasteiger partial charge is 0.307 e. The molecule has 0 aliphatic carbocycles. The van der Waals surface area contributed by atoms with Crippen LogP contribution in [0.5, 0.6) is 5.75 Å². The maximum Gasteiger partial charge on any atom is 0.307 e. The highest BCUT2D eigenvalue weighted by Gasteiger charge is 2.24. The SMILES string of the molecule is O=C(O)C1CCCN(CCOc2cccc(Br)c2)C1. The van der Waals surface area contributed by atoms with Crippen molar-refractivity contribution in [3.8, 4) is 5.75 Å². The Bertz CT molecular complexity index is 438. The summed E-state index contributed by atoms with van der Waals surface area (Å²) in [6.07, 6.45) is 1.74. The van der Waals surface area contributed by atoms with E-state index in [0.29, 0.717) is 13.2 Å². The summed E-state index contributed by atoms with van der Waals surface area (Å²) in [6.45, 7) is 2.96. The van der Waals surface area contributed by atoms with Gasteiger partial charge in [-0.15, -0.1) is 0 Å². The van der Waals surface area contributed by atoms with Gasteiger partial charge in [-0.2, -0.15) is 0 Å². The van der Waals surface area contributed by atoms with E-state index in [1.807, 2.05) is 24.3 Å². The lowest BCUT2D eigenvalue weighted by molar-refractivity contribution is -0.143. The number of hydrogen-bond donors (Lipinski definition) is 1. The lowest BCUT2D eigenvalue weighted by Gasteiger charge is -2.30. The zero-order valence-electron chi connectivity index (χ0n) is 10.7. The van der Waals surface area contributed by atoms with Crippen LogP contribution in [0.2, 0.25) is 0 Å². The van der Waals surface area contributed by atoms with Gasteiger partial charge < -0.3 is 9.84 Å². The van der Waals surface area contributed by atoms with Crippen LogP contribution < -0.4 is 4.74 Å². The first-order chi connectivity index (χ1) is 9.15. The molecule has 5 heteroatoms. The Hall–Kier alpha value is -1.07. The van der Waals surface area contributed by atoms with Gasteiger partial charge in [0.25, 0.3) is 0 Å². The van der Waals surface area contributed by atoms with Crippen molar-refractivity contribution in [2.75, 3.05) is 26.2 Å². The standard InChI is InChI=1S/C14H18BrNO3/c15-12-4-1-5-13(9-12)19-8-7-16-6-2-3-11(10-16)14(17)18/h1,4-5,9,11H,2-3,6-8,10H2,(H,17,18). The van der Waals surface area contributed by atoms with Crippen molar-refractivity contribution in [3.63, 3.8) is 0 Å². The Morgan fingerprint density at radius 2 is 2.37 bits per heavy atom. The third kappa shape index (κ3) is 4.51. The van der Waals surface area contributed by atoms with Crippen LogP contribution >= 0.6 is 15.9 Å². The number of likely N-dealkylation sites (tertiary alicyclic amines) is 1. The van der Waals surface area contributed by atoms with E-state index in [0.717, 1.165) is 36.2 Å². The van der Waals surface area contributed by atoms with Gasteiger partial charge >= 0.3 is 5.97 Å². The summed E-state index contributed by atoms with van der Waals surface area (Å²) in [7, 11) is 0. The van der Waals surface area contributed by atoms with Crippen LogP contribution in [0.3, 0.4) is 0 Å². The third-order valence-electron chi connectivity index (χ3n) is 3.33. The van der Waals surface area contributed by atoms with Gasteiger partial charge in [0.05, 0.1) is 5.92 Å². The molecular weight excluding hydrogens is 310 g/mol. The van der Waals surface area contributed by atoms with Crippen molar-refractivity contribution >= 4 is 21.9 Å². The van der Waals surface area contributed by atoms with E-state index in [2.05, 4.69) is 20.8 Å². The van der Waals surface area contributed by atoms with Crippen LogP contribution in [0.4, 0.5) is 0 Å². The Labute approximate surface area is 121 Å². The number of piperidine rings is 1. The second-order valence-corrected chi connectivity index (χ2v) is 5.70. The van der Waals surface area contributed by atoms with Crippen LogP contribution in [0.15, 0.2) is 28.7 Å². The van der Waals surface area contributed by atoms with E-state index in [4.69, 9.17) is 9.84 Å². The van der Waals surface area contributed by atoms with E-state index in [9.17, 15) is 4.79 Å². The molecular formula is C14H18BrNO3. The minimum Gasteiger partial charge on any atom is -0.492 e. The lowest BCUT2D eigenvalue weighted by atomic mass is 9.98. The summed E-state index contributed by atoms with van der Waals surface area (Å²) in [6, 6.07) is 7.73. The molecule has 0 spiro atoms. The molecule has 1 atom stereocenters. The monoisotopic (exact) mass is 327 g/mol. The fourth-order valence-electron chi connectivity index (χ4n) is 2.31. The molecule has 0 saturated carbocycles. The molecule has 0 bridgehead atoms. The number of carbonyl (C=O) groups is 1. The number of benzene rings is 1. The normalized spacial score (nSPS) is 20.2. The van der Waals surface area contributed by atoms with Gasteiger partial charge in [0.15, 0.2) is 0 Å². The minimum atomic E-state index is -0.683. The van der Waals surface area contributed by atoms with E-state index in [1.165, 1.54) is 0 Å². The zero-order chi connectivity index (χ0) is 13.7. The largest absolute Gasteiger partial charge is 0.492 e. The van der Waals surface area contributed by atoms with Crippen LogP contribution in [-0.4, -0.2) is 42.2 Å². The fourth-order valence-corrected chi connectivity index (χ4v) is 2.69. The number of halogens is 1. The molecule has 1 aromatic rings. The van der Waals surface area contributed by atoms with Gasteiger partial charge in [-0.1, -0.05) is 22.0 Å². The molecule has 1 N–H and O–H groups in total. The molecule has 1 aliphatic rings. The summed E-state index contributed by atoms with van der Waals surface area (Å²) in [5.74, 6) is -0.0709. The number of hydrogen-bond acceptors (Lipinski definition) is 3. The van der Waals surface area contributed by atoms with Gasteiger partial charge in [0.1, 0.15) is 12.4 Å². The second-order valence-electron chi connectivity index (χ2n) is 4.78. The first-order valence-electron chi connectivity index (χ1n) is 6.48. The van der Waals surface area contributed by atoms with Gasteiger partial charge in [0.2, 0.25) is 0 Å². The average molecular weight is 328 g/mol. The number of aliphatic carboxylic acids is 1. The van der Waals surface area contributed by atoms with Gasteiger partial charge in [-0.3, -0.25) is 9.69 Å². The quantitative estimate of drug-likeness (QED) is 0.903. The predicted molar refractivity (Wildman–Crippen MR) is 76.4 cm³/mol. The van der Waals surface area contributed by atoms with Crippen molar-refractivity contribution in [3.05, 3.63) is 28.7 Å². The fraction of sp³-hybridized carbons (Fsp3) is 0.500. The van der Waals surface area contributed by atoms with Crippen LogP contribution in [0, 0.1) is 5.92 Å². The van der Waals surface area contributed by atoms with Crippen LogP contribution in [-0.2, 0) is 4.79 Å². The van der Waals surface area contributed by atoms with Crippen molar-refractivity contribution in [2.45, 2.75) is 12.8 Å². The van der Waals surface area contributed by atoms with E-state index < -0.39 is 5.97 Å². The Balaban J connectivity index is 1.75. The van der Waals surface area contributed by atoms with Gasteiger partial charge in [-0.05, 0) is 37.6 Å². The molecule has 1 heterocycles. The van der Waals surface area contributed by atoms with Crippen molar-refractivity contribution in [2.24, 2.45) is 5.92 Å². The molecule has 19 heavy (non-hydrogen) atoms. The molecule has 1 aromatic carbocycles. The Morgan fingerprint density at radius 3 is 3.11 bits per heavy atom. The van der Waals surface area contributed by atoms with Crippen LogP contribution in [0.1, 0.15) is 12.8 Å². The van der Waals surface area contributed by atoms with Crippen molar-refractivity contribution in [1.82, 2.24) is 4.90 Å². The molecule has 1 unspecified atom stereocenters. The molecule has 4 nitrogen and oxygen atoms in total. The first-order valence-corrected chi connectivity index (χ1v) is 7.28. The summed E-state index contributed by atoms with van der Waals surface area (Å²) in [4.78, 5) is 13.1. The number of carboxylic acid groups (broad SMARTS) is 1. The van der Waals surface area contributed by atoms with Crippen molar-refractivity contribution in [1.29, 1.82) is 0 Å². The van der Waals surface area contributed by atoms with E-state index >= 15 is 0 Å². The molecule has 1 fully saturated rings. The highest BCUT2D eigenvalue weighted by atomic mass is 79.9. The second kappa shape index (κ2) is 6.91. The number of rotatable bonds is 5. The summed E-state index contributed by atoms with van der Waals surface area (Å²) in [5.41, 5.74) is 0. The number of carboxylic acids is 1. The maximum atomic E-state index is 11.0. The molecule has 0 aromatic heterocycles. The van der Waals surface area contributed by atoms with Gasteiger partial charge in [-0.25, -0.2) is 0 Å². The molecule has 1 saturated heterocycles. The summed E-state index contributed by atoms with van der Waals surface area (Å²) < 4.78 is 6.66. The highest BCUT2D eigenvalue weighted by molar-refractivity contribution is 9.10.